The molecule has 8 nitrogen and oxygen atoms in total. The minimum absolute atomic E-state index is 0.221. The molecule has 1 aliphatic heterocycles. The number of hydrogen-bond donors (Lipinski definition) is 3. The molecule has 1 aliphatic rings. The van der Waals surface area contributed by atoms with Crippen LogP contribution in [0.3, 0.4) is 0 Å². The third kappa shape index (κ3) is 5.53. The molecular formula is C19H20ClN5O3S2. The normalized spacial score (nSPS) is 15.9. The van der Waals surface area contributed by atoms with E-state index in [1.54, 1.807) is 37.3 Å². The topological polar surface area (TPSA) is 105 Å². The van der Waals surface area contributed by atoms with Crippen LogP contribution in [0.25, 0.3) is 0 Å². The van der Waals surface area contributed by atoms with Crippen LogP contribution in [0.5, 0.6) is 0 Å². The van der Waals surface area contributed by atoms with Crippen molar-refractivity contribution in [1.82, 2.24) is 20.8 Å². The number of thioether (sulfide) groups is 1. The van der Waals surface area contributed by atoms with E-state index < -0.39 is 18.0 Å². The number of rotatable bonds is 9. The molecule has 0 aliphatic carbocycles. The van der Waals surface area contributed by atoms with Crippen LogP contribution in [-0.2, 0) is 9.53 Å². The maximum Gasteiger partial charge on any atom is 0.338 e. The van der Waals surface area contributed by atoms with Crippen molar-refractivity contribution in [3.8, 4) is 0 Å². The number of amides is 2. The van der Waals surface area contributed by atoms with Gasteiger partial charge < -0.3 is 20.7 Å². The van der Waals surface area contributed by atoms with Crippen molar-refractivity contribution in [2.75, 3.05) is 24.2 Å². The molecule has 11 heteroatoms. The summed E-state index contributed by atoms with van der Waals surface area (Å²) >= 11 is 8.73. The third-order valence-electron chi connectivity index (χ3n) is 4.00. The van der Waals surface area contributed by atoms with Crippen molar-refractivity contribution in [3.05, 3.63) is 58.8 Å². The van der Waals surface area contributed by atoms with Crippen molar-refractivity contribution >= 4 is 51.8 Å². The van der Waals surface area contributed by atoms with Gasteiger partial charge in [-0.05, 0) is 24.6 Å². The van der Waals surface area contributed by atoms with E-state index in [4.69, 9.17) is 16.3 Å². The molecule has 0 saturated heterocycles. The highest BCUT2D eigenvalue weighted by Crippen LogP contribution is 2.32. The average Bonchev–Trinajstić information content (AvgIpc) is 3.18. The molecule has 2 amide bonds. The maximum absolute atomic E-state index is 12.7. The van der Waals surface area contributed by atoms with Crippen LogP contribution in [0.4, 0.5) is 9.93 Å². The first kappa shape index (κ1) is 22.1. The van der Waals surface area contributed by atoms with Gasteiger partial charge in [0.25, 0.3) is 0 Å². The van der Waals surface area contributed by atoms with E-state index in [0.29, 0.717) is 38.1 Å². The summed E-state index contributed by atoms with van der Waals surface area (Å²) in [6.07, 6.45) is 1.73. The lowest BCUT2D eigenvalue weighted by atomic mass is 9.95. The van der Waals surface area contributed by atoms with Crippen LogP contribution >= 0.6 is 34.7 Å². The lowest BCUT2D eigenvalue weighted by Crippen LogP contribution is -2.46. The average molecular weight is 466 g/mol. The number of halogens is 1. The van der Waals surface area contributed by atoms with Crippen LogP contribution in [-0.4, -0.2) is 41.1 Å². The first-order chi connectivity index (χ1) is 14.5. The van der Waals surface area contributed by atoms with E-state index >= 15 is 0 Å². The number of ether oxygens (including phenoxy) is 1. The second-order valence-electron chi connectivity index (χ2n) is 6.03. The second kappa shape index (κ2) is 10.5. The van der Waals surface area contributed by atoms with E-state index in [1.165, 1.54) is 23.1 Å². The molecular weight excluding hydrogens is 446 g/mol. The summed E-state index contributed by atoms with van der Waals surface area (Å²) < 4.78 is 5.96. The Balaban J connectivity index is 1.87. The zero-order valence-corrected chi connectivity index (χ0v) is 18.5. The highest BCUT2D eigenvalue weighted by Gasteiger charge is 2.33. The number of nitrogens with zero attached hydrogens (tertiary/aromatic N) is 2. The molecule has 3 rings (SSSR count). The number of nitrogens with one attached hydrogen (secondary N) is 3. The smallest absolute Gasteiger partial charge is 0.338 e. The Kier molecular flexibility index (Phi) is 7.72. The molecule has 2 heterocycles. The number of carbonyl (C=O) groups excluding carboxylic acids is 2. The van der Waals surface area contributed by atoms with Crippen LogP contribution in [0, 0.1) is 0 Å². The molecule has 0 saturated carbocycles. The van der Waals surface area contributed by atoms with Gasteiger partial charge in [0.05, 0.1) is 18.2 Å². The Labute approximate surface area is 187 Å². The number of aromatic nitrogens is 2. The van der Waals surface area contributed by atoms with Crippen LogP contribution < -0.4 is 16.0 Å². The van der Waals surface area contributed by atoms with Crippen molar-refractivity contribution in [1.29, 1.82) is 0 Å². The molecule has 3 N–H and O–H groups in total. The summed E-state index contributed by atoms with van der Waals surface area (Å²) in [5.41, 5.74) is 1.55. The zero-order chi connectivity index (χ0) is 21.5. The van der Waals surface area contributed by atoms with Gasteiger partial charge in [-0.3, -0.25) is 0 Å². The first-order valence-corrected chi connectivity index (χ1v) is 11.2. The molecule has 30 heavy (non-hydrogen) atoms. The Hall–Kier alpha value is -2.56. The minimum Gasteiger partial charge on any atom is -0.463 e. The molecule has 0 spiro atoms. The van der Waals surface area contributed by atoms with Crippen LogP contribution in [0.2, 0.25) is 5.02 Å². The predicted molar refractivity (Wildman–Crippen MR) is 119 cm³/mol. The fraction of sp³-hybridized carbons (Fsp3) is 0.263. The lowest BCUT2D eigenvalue weighted by molar-refractivity contribution is -0.139. The van der Waals surface area contributed by atoms with Crippen molar-refractivity contribution < 1.29 is 14.3 Å². The number of anilines is 1. The highest BCUT2D eigenvalue weighted by molar-refractivity contribution is 8.01. The van der Waals surface area contributed by atoms with Gasteiger partial charge in [-0.2, -0.15) is 0 Å². The minimum atomic E-state index is -0.648. The molecule has 2 aromatic rings. The Morgan fingerprint density at radius 1 is 1.40 bits per heavy atom. The zero-order valence-electron chi connectivity index (χ0n) is 16.1. The summed E-state index contributed by atoms with van der Waals surface area (Å²) in [7, 11) is 0. The van der Waals surface area contributed by atoms with E-state index in [2.05, 4.69) is 32.7 Å². The van der Waals surface area contributed by atoms with Gasteiger partial charge >= 0.3 is 12.0 Å². The molecule has 1 aromatic heterocycles. The van der Waals surface area contributed by atoms with Gasteiger partial charge in [0, 0.05) is 23.0 Å². The van der Waals surface area contributed by atoms with Gasteiger partial charge in [-0.25, -0.2) is 9.59 Å². The monoisotopic (exact) mass is 465 g/mol. The Morgan fingerprint density at radius 3 is 2.87 bits per heavy atom. The largest absolute Gasteiger partial charge is 0.463 e. The SMILES string of the molecule is C=CCNc1nnc(SCC2=C(C(=O)OCC)C(c3ccc(Cl)cc3)NC(=O)N2)s1. The maximum atomic E-state index is 12.7. The lowest BCUT2D eigenvalue weighted by Gasteiger charge is -2.29. The quantitative estimate of drug-likeness (QED) is 0.294. The summed E-state index contributed by atoms with van der Waals surface area (Å²) in [5.74, 6) is -0.173. The first-order valence-electron chi connectivity index (χ1n) is 9.06. The van der Waals surface area contributed by atoms with Gasteiger partial charge in [0.15, 0.2) is 4.34 Å². The Bertz CT molecular complexity index is 961. The summed E-state index contributed by atoms with van der Waals surface area (Å²) in [6, 6.07) is 5.91. The molecule has 1 atom stereocenters. The highest BCUT2D eigenvalue weighted by atomic mass is 35.5. The number of benzene rings is 1. The van der Waals surface area contributed by atoms with Gasteiger partial charge in [-0.15, -0.1) is 16.8 Å². The van der Waals surface area contributed by atoms with Crippen molar-refractivity contribution in [2.45, 2.75) is 17.3 Å². The predicted octanol–water partition coefficient (Wildman–Crippen LogP) is 3.75. The standard InChI is InChI=1S/C19H20ClN5O3S2/c1-3-9-21-18-24-25-19(30-18)29-10-13-14(16(26)28-4-2)15(23-17(27)22-13)11-5-7-12(20)8-6-11/h3,5-8,15H,1,4,9-10H2,2H3,(H,21,24)(H2,22,23,27). The fourth-order valence-electron chi connectivity index (χ4n) is 2.72. The second-order valence-corrected chi connectivity index (χ2v) is 8.66. The van der Waals surface area contributed by atoms with E-state index in [0.717, 1.165) is 5.56 Å². The molecule has 1 unspecified atom stereocenters. The molecule has 1 aromatic carbocycles. The van der Waals surface area contributed by atoms with Gasteiger partial charge in [0.1, 0.15) is 0 Å². The Morgan fingerprint density at radius 2 is 2.17 bits per heavy atom. The summed E-state index contributed by atoms with van der Waals surface area (Å²) in [4.78, 5) is 25.0. The number of hydrogen-bond acceptors (Lipinski definition) is 8. The number of esters is 1. The van der Waals surface area contributed by atoms with Crippen molar-refractivity contribution in [2.24, 2.45) is 0 Å². The summed E-state index contributed by atoms with van der Waals surface area (Å²) in [5, 5.41) is 18.0. The van der Waals surface area contributed by atoms with Crippen molar-refractivity contribution in [3.63, 3.8) is 0 Å². The van der Waals surface area contributed by atoms with Gasteiger partial charge in [0.2, 0.25) is 5.13 Å². The molecule has 0 fully saturated rings. The molecule has 158 valence electrons. The number of urea groups is 1. The number of carbonyl (C=O) groups is 2. The summed E-state index contributed by atoms with van der Waals surface area (Å²) in [6.45, 7) is 6.19. The van der Waals surface area contributed by atoms with E-state index in [9.17, 15) is 9.59 Å². The molecule has 0 radical (unpaired) electrons. The molecule has 0 bridgehead atoms. The van der Waals surface area contributed by atoms with E-state index in [-0.39, 0.29) is 6.61 Å². The van der Waals surface area contributed by atoms with Crippen LogP contribution in [0.1, 0.15) is 18.5 Å². The van der Waals surface area contributed by atoms with Crippen LogP contribution in [0.15, 0.2) is 52.5 Å². The third-order valence-corrected chi connectivity index (χ3v) is 6.29. The fourth-order valence-corrected chi connectivity index (χ4v) is 4.57. The van der Waals surface area contributed by atoms with Gasteiger partial charge in [-0.1, -0.05) is 52.9 Å². The van der Waals surface area contributed by atoms with E-state index in [1.807, 2.05) is 0 Å².